The van der Waals surface area contributed by atoms with Crippen molar-refractivity contribution in [2.24, 2.45) is 0 Å². The van der Waals surface area contributed by atoms with E-state index >= 15 is 0 Å². The maximum atomic E-state index is 13.4. The molecule has 2 unspecified atom stereocenters. The van der Waals surface area contributed by atoms with E-state index in [1.54, 1.807) is 49.6 Å². The average Bonchev–Trinajstić information content (AvgIpc) is 3.63. The first-order valence-electron chi connectivity index (χ1n) is 12.8. The highest BCUT2D eigenvalue weighted by atomic mass is 16.5. The molecule has 1 N–H and O–H groups in total. The second-order valence-electron chi connectivity index (χ2n) is 9.57. The van der Waals surface area contributed by atoms with Crippen molar-refractivity contribution in [2.45, 2.75) is 51.8 Å². The van der Waals surface area contributed by atoms with Crippen LogP contribution in [0.25, 0.3) is 5.76 Å². The summed E-state index contributed by atoms with van der Waals surface area (Å²) in [7, 11) is 1.54. The number of methoxy groups -OCH3 is 1. The number of benzene rings is 2. The van der Waals surface area contributed by atoms with E-state index in [-0.39, 0.29) is 24.0 Å². The molecule has 1 aromatic heterocycles. The van der Waals surface area contributed by atoms with Gasteiger partial charge in [-0.2, -0.15) is 0 Å². The molecule has 1 saturated heterocycles. The van der Waals surface area contributed by atoms with E-state index in [0.717, 1.165) is 24.2 Å². The molecule has 0 spiro atoms. The topological polar surface area (TPSA) is 98.4 Å². The SMILES string of the molecule is CCCCOc1ccc(C2/C(=C(\O)c3ccc4c(c3)CC(C)O4)C(=O)C(=O)N2Cc2ccco2)cc1OC. The molecule has 2 aliphatic heterocycles. The van der Waals surface area contributed by atoms with Crippen molar-refractivity contribution in [3.8, 4) is 17.2 Å². The maximum absolute atomic E-state index is 13.4. The van der Waals surface area contributed by atoms with Crippen LogP contribution >= 0.6 is 0 Å². The summed E-state index contributed by atoms with van der Waals surface area (Å²) in [5, 5.41) is 11.5. The minimum atomic E-state index is -0.859. The normalized spacial score (nSPS) is 19.9. The molecule has 2 aliphatic rings. The fourth-order valence-corrected chi connectivity index (χ4v) is 4.98. The molecule has 3 aromatic rings. The summed E-state index contributed by atoms with van der Waals surface area (Å²) >= 11 is 0. The fraction of sp³-hybridized carbons (Fsp3) is 0.333. The number of furan rings is 1. The zero-order valence-electron chi connectivity index (χ0n) is 21.7. The molecule has 0 bridgehead atoms. The van der Waals surface area contributed by atoms with E-state index in [9.17, 15) is 14.7 Å². The van der Waals surface area contributed by atoms with E-state index in [0.29, 0.717) is 41.4 Å². The molecule has 2 aromatic carbocycles. The predicted molar refractivity (Wildman–Crippen MR) is 140 cm³/mol. The van der Waals surface area contributed by atoms with Crippen molar-refractivity contribution in [1.29, 1.82) is 0 Å². The quantitative estimate of drug-likeness (QED) is 0.175. The highest BCUT2D eigenvalue weighted by Crippen LogP contribution is 2.43. The molecule has 198 valence electrons. The number of nitrogens with zero attached hydrogens (tertiary/aromatic N) is 1. The zero-order chi connectivity index (χ0) is 26.8. The lowest BCUT2D eigenvalue weighted by molar-refractivity contribution is -0.140. The molecule has 0 aliphatic carbocycles. The molecule has 2 atom stereocenters. The van der Waals surface area contributed by atoms with Gasteiger partial charge in [0.25, 0.3) is 11.7 Å². The van der Waals surface area contributed by atoms with E-state index < -0.39 is 17.7 Å². The van der Waals surface area contributed by atoms with Gasteiger partial charge in [0.1, 0.15) is 23.4 Å². The lowest BCUT2D eigenvalue weighted by Crippen LogP contribution is -2.29. The molecule has 0 saturated carbocycles. The first-order chi connectivity index (χ1) is 18.4. The minimum absolute atomic E-state index is 0.00942. The Bertz CT molecular complexity index is 1380. The highest BCUT2D eigenvalue weighted by molar-refractivity contribution is 6.46. The highest BCUT2D eigenvalue weighted by Gasteiger charge is 2.46. The number of carbonyl (C=O) groups excluding carboxylic acids is 2. The van der Waals surface area contributed by atoms with Crippen LogP contribution in [0.2, 0.25) is 0 Å². The Morgan fingerprint density at radius 3 is 2.71 bits per heavy atom. The van der Waals surface area contributed by atoms with Crippen LogP contribution < -0.4 is 14.2 Å². The van der Waals surface area contributed by atoms with Gasteiger partial charge in [-0.25, -0.2) is 0 Å². The van der Waals surface area contributed by atoms with Gasteiger partial charge in [0.2, 0.25) is 0 Å². The Labute approximate surface area is 221 Å². The first kappa shape index (κ1) is 25.4. The van der Waals surface area contributed by atoms with Crippen molar-refractivity contribution < 1.29 is 33.3 Å². The summed E-state index contributed by atoms with van der Waals surface area (Å²) in [4.78, 5) is 28.1. The number of aliphatic hydroxyl groups excluding tert-OH is 1. The molecular weight excluding hydrogens is 486 g/mol. The fourth-order valence-electron chi connectivity index (χ4n) is 4.98. The van der Waals surface area contributed by atoms with Crippen LogP contribution in [0.15, 0.2) is 64.8 Å². The molecule has 8 nitrogen and oxygen atoms in total. The van der Waals surface area contributed by atoms with E-state index in [1.807, 2.05) is 13.0 Å². The molecule has 0 radical (unpaired) electrons. The van der Waals surface area contributed by atoms with Gasteiger partial charge < -0.3 is 28.6 Å². The summed E-state index contributed by atoms with van der Waals surface area (Å²) in [5.74, 6) is 0.616. The van der Waals surface area contributed by atoms with Crippen LogP contribution in [-0.2, 0) is 22.6 Å². The van der Waals surface area contributed by atoms with Gasteiger partial charge in [0.05, 0.1) is 38.1 Å². The van der Waals surface area contributed by atoms with Gasteiger partial charge in [-0.15, -0.1) is 0 Å². The molecule has 3 heterocycles. The predicted octanol–water partition coefficient (Wildman–Crippen LogP) is 5.41. The third kappa shape index (κ3) is 4.74. The van der Waals surface area contributed by atoms with Crippen molar-refractivity contribution in [2.75, 3.05) is 13.7 Å². The maximum Gasteiger partial charge on any atom is 0.296 e. The van der Waals surface area contributed by atoms with E-state index in [4.69, 9.17) is 18.6 Å². The number of rotatable bonds is 9. The van der Waals surface area contributed by atoms with Crippen molar-refractivity contribution in [3.63, 3.8) is 0 Å². The van der Waals surface area contributed by atoms with Crippen molar-refractivity contribution >= 4 is 17.4 Å². The van der Waals surface area contributed by atoms with Crippen molar-refractivity contribution in [1.82, 2.24) is 4.90 Å². The van der Waals surface area contributed by atoms with Gasteiger partial charge >= 0.3 is 0 Å². The molecule has 5 rings (SSSR count). The summed E-state index contributed by atoms with van der Waals surface area (Å²) < 4.78 is 22.7. The Morgan fingerprint density at radius 2 is 1.97 bits per heavy atom. The van der Waals surface area contributed by atoms with Crippen LogP contribution in [-0.4, -0.2) is 41.5 Å². The zero-order valence-corrected chi connectivity index (χ0v) is 21.7. The number of hydrogen-bond donors (Lipinski definition) is 1. The number of Topliss-reactive ketones (excluding diaryl/α,β-unsaturated/α-hetero) is 1. The van der Waals surface area contributed by atoms with Crippen LogP contribution in [0.3, 0.4) is 0 Å². The van der Waals surface area contributed by atoms with E-state index in [2.05, 4.69) is 6.92 Å². The first-order valence-corrected chi connectivity index (χ1v) is 12.8. The molecule has 8 heteroatoms. The smallest absolute Gasteiger partial charge is 0.296 e. The van der Waals surface area contributed by atoms with Crippen LogP contribution in [0.4, 0.5) is 0 Å². The Balaban J connectivity index is 1.60. The minimum Gasteiger partial charge on any atom is -0.507 e. The average molecular weight is 518 g/mol. The Morgan fingerprint density at radius 1 is 1.13 bits per heavy atom. The summed E-state index contributed by atoms with van der Waals surface area (Å²) in [6.45, 7) is 4.67. The monoisotopic (exact) mass is 517 g/mol. The second kappa shape index (κ2) is 10.7. The number of likely N-dealkylation sites (tertiary alicyclic amines) is 1. The summed E-state index contributed by atoms with van der Waals surface area (Å²) in [5.41, 5.74) is 2.01. The molecule has 1 amide bonds. The molecule has 1 fully saturated rings. The van der Waals surface area contributed by atoms with Gasteiger partial charge in [0.15, 0.2) is 11.5 Å². The summed E-state index contributed by atoms with van der Waals surface area (Å²) in [6.07, 6.45) is 4.14. The number of ether oxygens (including phenoxy) is 3. The van der Waals surface area contributed by atoms with Crippen molar-refractivity contribution in [3.05, 3.63) is 82.8 Å². The number of aliphatic hydroxyl groups is 1. The largest absolute Gasteiger partial charge is 0.507 e. The molecular formula is C30H31NO7. The standard InChI is InChI=1S/C30H31NO7/c1-4-5-12-37-24-11-8-19(16-25(24)35-3)27-26(29(33)30(34)31(27)17-22-7-6-13-36-22)28(32)20-9-10-23-21(15-20)14-18(2)38-23/h6-11,13,15-16,18,27,32H,4-5,12,14,17H2,1-3H3/b28-26+. The third-order valence-corrected chi connectivity index (χ3v) is 6.87. The van der Waals surface area contributed by atoms with Gasteiger partial charge in [-0.3, -0.25) is 9.59 Å². The van der Waals surface area contributed by atoms with Gasteiger partial charge in [-0.05, 0) is 66.9 Å². The van der Waals surface area contributed by atoms with Gasteiger partial charge in [0, 0.05) is 12.0 Å². The van der Waals surface area contributed by atoms with Crippen LogP contribution in [0.1, 0.15) is 55.2 Å². The number of hydrogen-bond acceptors (Lipinski definition) is 7. The second-order valence-corrected chi connectivity index (χ2v) is 9.57. The molecule has 38 heavy (non-hydrogen) atoms. The Kier molecular flexibility index (Phi) is 7.13. The lowest BCUT2D eigenvalue weighted by Gasteiger charge is -2.25. The number of carbonyl (C=O) groups is 2. The lowest BCUT2D eigenvalue weighted by atomic mass is 9.94. The Hall–Kier alpha value is -4.20. The number of unbranched alkanes of at least 4 members (excludes halogenated alkanes) is 1. The third-order valence-electron chi connectivity index (χ3n) is 6.87. The van der Waals surface area contributed by atoms with Crippen LogP contribution in [0.5, 0.6) is 17.2 Å². The number of amides is 1. The number of ketones is 1. The van der Waals surface area contributed by atoms with Gasteiger partial charge in [-0.1, -0.05) is 19.4 Å². The number of fused-ring (bicyclic) bond motifs is 1. The van der Waals surface area contributed by atoms with E-state index in [1.165, 1.54) is 11.2 Å². The summed E-state index contributed by atoms with van der Waals surface area (Å²) in [6, 6.07) is 13.2. The van der Waals surface area contributed by atoms with Crippen LogP contribution in [0, 0.1) is 0 Å².